The highest BCUT2D eigenvalue weighted by atomic mass is 19.1. The summed E-state index contributed by atoms with van der Waals surface area (Å²) in [6.45, 7) is 0.549. The number of amidine groups is 1. The summed E-state index contributed by atoms with van der Waals surface area (Å²) >= 11 is 0. The first-order valence-corrected chi connectivity index (χ1v) is 8.42. The lowest BCUT2D eigenvalue weighted by atomic mass is 9.99. The van der Waals surface area contributed by atoms with Gasteiger partial charge in [0.05, 0.1) is 0 Å². The molecule has 2 rings (SSSR count). The van der Waals surface area contributed by atoms with Crippen LogP contribution in [-0.4, -0.2) is 30.4 Å². The number of amides is 2. The van der Waals surface area contributed by atoms with Gasteiger partial charge in [-0.05, 0) is 30.4 Å². The monoisotopic (exact) mass is 319 g/mol. The molecule has 1 fully saturated rings. The molecule has 1 aliphatic rings. The third-order valence-corrected chi connectivity index (χ3v) is 4.52. The Kier molecular flexibility index (Phi) is 6.56. The van der Waals surface area contributed by atoms with Gasteiger partial charge in [-0.2, -0.15) is 0 Å². The zero-order valence-electron chi connectivity index (χ0n) is 13.8. The standard InChI is InChI=1S/C18H26FN3O/c1-21-18(23)22(13-14-8-4-2-3-5-9-14)17(20)12-15-10-6-7-11-16(15)19/h6-7,10-11,14,20H,2-5,8-9,12-13H2,1H3,(H,21,23). The van der Waals surface area contributed by atoms with Crippen molar-refractivity contribution in [3.05, 3.63) is 35.6 Å². The molecule has 23 heavy (non-hydrogen) atoms. The Labute approximate surface area is 137 Å². The van der Waals surface area contributed by atoms with Crippen molar-refractivity contribution in [1.29, 1.82) is 5.41 Å². The fourth-order valence-corrected chi connectivity index (χ4v) is 3.17. The molecule has 0 bridgehead atoms. The zero-order valence-corrected chi connectivity index (χ0v) is 13.8. The SMILES string of the molecule is CNC(=O)N(CC1CCCCCC1)C(=N)Cc1ccccc1F. The third-order valence-electron chi connectivity index (χ3n) is 4.52. The van der Waals surface area contributed by atoms with Crippen LogP contribution in [0.2, 0.25) is 0 Å². The van der Waals surface area contributed by atoms with Crippen molar-refractivity contribution in [2.24, 2.45) is 5.92 Å². The Morgan fingerprint density at radius 2 is 1.91 bits per heavy atom. The van der Waals surface area contributed by atoms with E-state index in [0.717, 1.165) is 12.8 Å². The maximum Gasteiger partial charge on any atom is 0.322 e. The molecule has 126 valence electrons. The molecule has 0 aliphatic heterocycles. The Hall–Kier alpha value is -1.91. The van der Waals surface area contributed by atoms with E-state index in [1.807, 2.05) is 0 Å². The van der Waals surface area contributed by atoms with Gasteiger partial charge in [0.1, 0.15) is 11.7 Å². The minimum atomic E-state index is -0.330. The summed E-state index contributed by atoms with van der Waals surface area (Å²) in [5.74, 6) is 0.248. The predicted octanol–water partition coefficient (Wildman–Crippen LogP) is 3.96. The van der Waals surface area contributed by atoms with E-state index < -0.39 is 0 Å². The van der Waals surface area contributed by atoms with Crippen LogP contribution in [0.15, 0.2) is 24.3 Å². The maximum absolute atomic E-state index is 13.8. The molecule has 1 aliphatic carbocycles. The third kappa shape index (κ3) is 5.05. The molecule has 0 atom stereocenters. The quantitative estimate of drug-likeness (QED) is 0.493. The van der Waals surface area contributed by atoms with E-state index in [9.17, 15) is 9.18 Å². The highest BCUT2D eigenvalue weighted by Gasteiger charge is 2.23. The van der Waals surface area contributed by atoms with Crippen LogP contribution in [0, 0.1) is 17.1 Å². The lowest BCUT2D eigenvalue weighted by molar-refractivity contribution is 0.214. The first-order chi connectivity index (χ1) is 11.1. The summed E-state index contributed by atoms with van der Waals surface area (Å²) in [4.78, 5) is 13.6. The molecule has 0 spiro atoms. The summed E-state index contributed by atoms with van der Waals surface area (Å²) in [7, 11) is 1.57. The lowest BCUT2D eigenvalue weighted by Crippen LogP contribution is -2.45. The van der Waals surface area contributed by atoms with Crippen LogP contribution in [0.4, 0.5) is 9.18 Å². The fourth-order valence-electron chi connectivity index (χ4n) is 3.17. The molecule has 0 aromatic heterocycles. The Morgan fingerprint density at radius 1 is 1.26 bits per heavy atom. The van der Waals surface area contributed by atoms with Crippen molar-refractivity contribution in [2.75, 3.05) is 13.6 Å². The van der Waals surface area contributed by atoms with E-state index in [1.165, 1.54) is 36.6 Å². The normalized spacial score (nSPS) is 15.7. The van der Waals surface area contributed by atoms with E-state index >= 15 is 0 Å². The van der Waals surface area contributed by atoms with Crippen LogP contribution in [0.1, 0.15) is 44.1 Å². The molecule has 0 unspecified atom stereocenters. The fraction of sp³-hybridized carbons (Fsp3) is 0.556. The summed E-state index contributed by atoms with van der Waals surface area (Å²) in [5, 5.41) is 10.9. The second-order valence-electron chi connectivity index (χ2n) is 6.24. The van der Waals surface area contributed by atoms with E-state index in [0.29, 0.717) is 18.0 Å². The smallest absolute Gasteiger partial charge is 0.322 e. The summed E-state index contributed by atoms with van der Waals surface area (Å²) in [6, 6.07) is 6.15. The summed E-state index contributed by atoms with van der Waals surface area (Å²) in [6.07, 6.45) is 7.21. The number of hydrogen-bond donors (Lipinski definition) is 2. The van der Waals surface area contributed by atoms with Crippen LogP contribution < -0.4 is 5.32 Å². The number of nitrogens with one attached hydrogen (secondary N) is 2. The number of hydrogen-bond acceptors (Lipinski definition) is 2. The molecule has 1 saturated carbocycles. The summed E-state index contributed by atoms with van der Waals surface area (Å²) in [5.41, 5.74) is 0.451. The van der Waals surface area contributed by atoms with Crippen LogP contribution in [0.25, 0.3) is 0 Å². The highest BCUT2D eigenvalue weighted by molar-refractivity contribution is 5.96. The molecule has 0 heterocycles. The number of urea groups is 1. The van der Waals surface area contributed by atoms with E-state index in [-0.39, 0.29) is 24.1 Å². The molecule has 2 amide bonds. The van der Waals surface area contributed by atoms with Gasteiger partial charge in [0.2, 0.25) is 0 Å². The molecule has 0 radical (unpaired) electrons. The van der Waals surface area contributed by atoms with E-state index in [1.54, 1.807) is 25.2 Å². The largest absolute Gasteiger partial charge is 0.341 e. The minimum Gasteiger partial charge on any atom is -0.341 e. The molecular formula is C18H26FN3O. The number of benzene rings is 1. The number of halogens is 1. The van der Waals surface area contributed by atoms with Crippen molar-refractivity contribution in [1.82, 2.24) is 10.2 Å². The van der Waals surface area contributed by atoms with Gasteiger partial charge in [-0.25, -0.2) is 9.18 Å². The average molecular weight is 319 g/mol. The Bertz CT molecular complexity index is 539. The van der Waals surface area contributed by atoms with Crippen molar-refractivity contribution in [3.63, 3.8) is 0 Å². The van der Waals surface area contributed by atoms with Gasteiger partial charge >= 0.3 is 6.03 Å². The van der Waals surface area contributed by atoms with Gasteiger partial charge in [0.15, 0.2) is 0 Å². The van der Waals surface area contributed by atoms with Crippen LogP contribution in [0.5, 0.6) is 0 Å². The van der Waals surface area contributed by atoms with Crippen molar-refractivity contribution in [2.45, 2.75) is 44.9 Å². The topological polar surface area (TPSA) is 56.2 Å². The van der Waals surface area contributed by atoms with Crippen LogP contribution >= 0.6 is 0 Å². The van der Waals surface area contributed by atoms with Gasteiger partial charge < -0.3 is 5.32 Å². The van der Waals surface area contributed by atoms with Crippen molar-refractivity contribution < 1.29 is 9.18 Å². The number of carbonyl (C=O) groups excluding carboxylic acids is 1. The molecule has 4 nitrogen and oxygen atoms in total. The number of rotatable bonds is 4. The van der Waals surface area contributed by atoms with Gasteiger partial charge in [0, 0.05) is 20.0 Å². The average Bonchev–Trinajstić information content (AvgIpc) is 2.82. The van der Waals surface area contributed by atoms with Crippen molar-refractivity contribution >= 4 is 11.9 Å². The highest BCUT2D eigenvalue weighted by Crippen LogP contribution is 2.24. The zero-order chi connectivity index (χ0) is 16.7. The van der Waals surface area contributed by atoms with Crippen LogP contribution in [0.3, 0.4) is 0 Å². The van der Waals surface area contributed by atoms with Crippen LogP contribution in [-0.2, 0) is 6.42 Å². The molecule has 1 aromatic rings. The second-order valence-corrected chi connectivity index (χ2v) is 6.24. The first kappa shape index (κ1) is 17.4. The van der Waals surface area contributed by atoms with Gasteiger partial charge in [-0.3, -0.25) is 10.3 Å². The van der Waals surface area contributed by atoms with Gasteiger partial charge in [0.25, 0.3) is 0 Å². The number of nitrogens with zero attached hydrogens (tertiary/aromatic N) is 1. The molecule has 0 saturated heterocycles. The van der Waals surface area contributed by atoms with Crippen molar-refractivity contribution in [3.8, 4) is 0 Å². The molecule has 1 aromatic carbocycles. The predicted molar refractivity (Wildman–Crippen MR) is 90.2 cm³/mol. The van der Waals surface area contributed by atoms with Gasteiger partial charge in [-0.15, -0.1) is 0 Å². The maximum atomic E-state index is 13.8. The van der Waals surface area contributed by atoms with E-state index in [4.69, 9.17) is 5.41 Å². The lowest BCUT2D eigenvalue weighted by Gasteiger charge is -2.27. The molecule has 5 heteroatoms. The summed E-state index contributed by atoms with van der Waals surface area (Å²) < 4.78 is 13.8. The molecule has 2 N–H and O–H groups in total. The minimum absolute atomic E-state index is 0.132. The first-order valence-electron chi connectivity index (χ1n) is 8.42. The second kappa shape index (κ2) is 8.65. The Balaban J connectivity index is 2.06. The molecular weight excluding hydrogens is 293 g/mol. The van der Waals surface area contributed by atoms with E-state index in [2.05, 4.69) is 5.32 Å². The van der Waals surface area contributed by atoms with Gasteiger partial charge in [-0.1, -0.05) is 43.9 Å². The number of carbonyl (C=O) groups is 1. The Morgan fingerprint density at radius 3 is 2.52 bits per heavy atom.